The number of rotatable bonds is 3. The maximum absolute atomic E-state index is 17.2. The normalized spacial score (nSPS) is 29.8. The molecule has 1 saturated heterocycles. The van der Waals surface area contributed by atoms with Gasteiger partial charge in [0.05, 0.1) is 24.7 Å². The fraction of sp³-hybridized carbons (Fsp3) is 0.686. The first-order valence-electron chi connectivity index (χ1n) is 16.8. The highest BCUT2D eigenvalue weighted by Crippen LogP contribution is 2.41. The number of fused-ring (bicyclic) bond motifs is 5. The van der Waals surface area contributed by atoms with Crippen LogP contribution in [0.5, 0.6) is 11.6 Å². The summed E-state index contributed by atoms with van der Waals surface area (Å²) in [6.45, 7) is 8.21. The molecule has 1 aromatic heterocycles. The Hall–Kier alpha value is -3.50. The van der Waals surface area contributed by atoms with E-state index >= 15 is 4.39 Å². The summed E-state index contributed by atoms with van der Waals surface area (Å²) in [5.74, 6) is 0.0206. The van der Waals surface area contributed by atoms with Gasteiger partial charge in [-0.3, -0.25) is 9.59 Å². The van der Waals surface area contributed by atoms with Crippen molar-refractivity contribution in [1.29, 1.82) is 0 Å². The van der Waals surface area contributed by atoms with Crippen LogP contribution in [0.1, 0.15) is 98.1 Å². The summed E-state index contributed by atoms with van der Waals surface area (Å²) >= 11 is 0. The van der Waals surface area contributed by atoms with Gasteiger partial charge in [-0.25, -0.2) is 19.2 Å². The summed E-state index contributed by atoms with van der Waals surface area (Å²) in [6.07, 6.45) is 6.04. The van der Waals surface area contributed by atoms with Crippen LogP contribution in [0.15, 0.2) is 18.2 Å². The minimum atomic E-state index is -2.20. The van der Waals surface area contributed by atoms with Crippen molar-refractivity contribution in [1.82, 2.24) is 20.2 Å². The second-order valence-electron chi connectivity index (χ2n) is 14.3. The molecule has 1 saturated carbocycles. The van der Waals surface area contributed by atoms with E-state index in [4.69, 9.17) is 24.2 Å². The first kappa shape index (κ1) is 33.9. The number of ether oxygens (including phenoxy) is 3. The number of nitrogens with one attached hydrogen (secondary N) is 1. The van der Waals surface area contributed by atoms with Crippen LogP contribution in [0.25, 0.3) is 11.0 Å². The quantitative estimate of drug-likeness (QED) is 0.426. The molecule has 11 heteroatoms. The highest BCUT2D eigenvalue weighted by Gasteiger charge is 2.60. The Labute approximate surface area is 271 Å². The van der Waals surface area contributed by atoms with E-state index < -0.39 is 47.1 Å². The van der Waals surface area contributed by atoms with E-state index in [1.54, 1.807) is 20.1 Å². The van der Waals surface area contributed by atoms with Crippen LogP contribution in [0.3, 0.4) is 0 Å². The van der Waals surface area contributed by atoms with Crippen molar-refractivity contribution in [2.24, 2.45) is 11.3 Å². The number of carbonyl (C=O) groups is 3. The van der Waals surface area contributed by atoms with Crippen molar-refractivity contribution in [3.8, 4) is 11.6 Å². The summed E-state index contributed by atoms with van der Waals surface area (Å²) in [6, 6.07) is 2.94. The van der Waals surface area contributed by atoms with E-state index in [0.717, 1.165) is 51.4 Å². The molecule has 2 fully saturated rings. The third-order valence-corrected chi connectivity index (χ3v) is 10.00. The maximum Gasteiger partial charge on any atom is 0.408 e. The smallest absolute Gasteiger partial charge is 0.408 e. The molecule has 1 aliphatic carbocycles. The molecule has 46 heavy (non-hydrogen) atoms. The number of nitrogens with zero attached hydrogens (tertiary/aromatic N) is 3. The number of hydrogen-bond donors (Lipinski definition) is 1. The lowest BCUT2D eigenvalue weighted by Gasteiger charge is -2.36. The van der Waals surface area contributed by atoms with Crippen LogP contribution in [-0.4, -0.2) is 76.3 Å². The number of hydrogen-bond acceptors (Lipinski definition) is 8. The largest absolute Gasteiger partial charge is 0.497 e. The average molecular weight is 641 g/mol. The number of carbonyl (C=O) groups excluding carboxylic acids is 3. The Morgan fingerprint density at radius 2 is 1.80 bits per heavy atom. The molecule has 0 unspecified atom stereocenters. The van der Waals surface area contributed by atoms with Gasteiger partial charge in [-0.1, -0.05) is 47.0 Å². The number of benzene rings is 1. The maximum atomic E-state index is 17.2. The number of Topliss-reactive ketones (excluding diaryl/α,β-unsaturated/α-hetero) is 1. The van der Waals surface area contributed by atoms with Crippen molar-refractivity contribution in [2.45, 2.75) is 129 Å². The number of ketones is 1. The molecule has 2 aliphatic heterocycles. The van der Waals surface area contributed by atoms with E-state index in [1.807, 2.05) is 32.9 Å². The average Bonchev–Trinajstić information content (AvgIpc) is 3.57. The van der Waals surface area contributed by atoms with E-state index in [2.05, 4.69) is 5.32 Å². The molecular weight excluding hydrogens is 591 g/mol. The number of alkyl halides is 1. The number of halogens is 1. The molecule has 0 spiro atoms. The molecule has 5 rings (SSSR count). The molecule has 0 radical (unpaired) electrons. The minimum absolute atomic E-state index is 0.0748. The summed E-state index contributed by atoms with van der Waals surface area (Å²) in [5.41, 5.74) is -1.14. The zero-order chi connectivity index (χ0) is 33.2. The van der Waals surface area contributed by atoms with Crippen molar-refractivity contribution in [2.75, 3.05) is 13.7 Å². The van der Waals surface area contributed by atoms with Crippen molar-refractivity contribution >= 4 is 28.8 Å². The summed E-state index contributed by atoms with van der Waals surface area (Å²) in [5, 5.41) is 2.81. The Morgan fingerprint density at radius 1 is 1.07 bits per heavy atom. The molecule has 3 aliphatic rings. The van der Waals surface area contributed by atoms with Gasteiger partial charge in [-0.15, -0.1) is 0 Å². The van der Waals surface area contributed by atoms with Gasteiger partial charge in [0.1, 0.15) is 29.6 Å². The Balaban J connectivity index is 1.56. The molecule has 6 atom stereocenters. The Bertz CT molecular complexity index is 1450. The third-order valence-electron chi connectivity index (χ3n) is 10.00. The molecule has 10 nitrogen and oxygen atoms in total. The number of alkyl carbamates (subject to hydrolysis) is 1. The van der Waals surface area contributed by atoms with Crippen molar-refractivity contribution in [3.05, 3.63) is 23.9 Å². The molecular formula is C35H49FN4O6. The standard InChI is InChI=1S/C35H49FN4O6/c1-7-35(36)28-20-40(30(35)21(2)41)32(42)29(34(3,4)5)39-33(43)45-27-16-12-14-22(27)13-10-8-9-11-15-25-31(46-28)38-26-19-23(44-6)17-18-24(26)37-25/h17-19,22,27-30H,7-16,20H2,1-6H3,(H,39,43)/t22-,27-,28+,29-,30-,35+/m1/s1. The van der Waals surface area contributed by atoms with Gasteiger partial charge in [0.2, 0.25) is 11.8 Å². The lowest BCUT2D eigenvalue weighted by Crippen LogP contribution is -2.59. The van der Waals surface area contributed by atoms with Crippen LogP contribution >= 0.6 is 0 Å². The Kier molecular flexibility index (Phi) is 10.1. The van der Waals surface area contributed by atoms with Gasteiger partial charge >= 0.3 is 6.09 Å². The van der Waals surface area contributed by atoms with Crippen LogP contribution in [0.4, 0.5) is 9.18 Å². The summed E-state index contributed by atoms with van der Waals surface area (Å²) in [7, 11) is 1.57. The second kappa shape index (κ2) is 13.7. The fourth-order valence-corrected chi connectivity index (χ4v) is 7.42. The lowest BCUT2D eigenvalue weighted by atomic mass is 9.85. The monoisotopic (exact) mass is 640 g/mol. The number of aryl methyl sites for hydroxylation is 1. The SMILES string of the molecule is CC[C@]1(F)[C@@H]2CN(C(=O)[C@H](C(C)(C)C)NC(=O)O[C@@H]3CCC[C@H]3CCCCCCc3nc4ccc(OC)cc4nc3O2)[C@@H]1C(C)=O. The first-order chi connectivity index (χ1) is 21.8. The van der Waals surface area contributed by atoms with Crippen molar-refractivity contribution < 1.29 is 33.0 Å². The van der Waals surface area contributed by atoms with Crippen molar-refractivity contribution in [3.63, 3.8) is 0 Å². The molecule has 2 amide bonds. The topological polar surface area (TPSA) is 120 Å². The van der Waals surface area contributed by atoms with Gasteiger partial charge in [-0.2, -0.15) is 0 Å². The van der Waals surface area contributed by atoms with Crippen LogP contribution in [0, 0.1) is 11.3 Å². The summed E-state index contributed by atoms with van der Waals surface area (Å²) < 4.78 is 34.9. The van der Waals surface area contributed by atoms with Crippen LogP contribution in [-0.2, 0) is 20.7 Å². The third kappa shape index (κ3) is 6.93. The Morgan fingerprint density at radius 3 is 2.50 bits per heavy atom. The van der Waals surface area contributed by atoms with Gasteiger partial charge in [-0.05, 0) is 75.3 Å². The van der Waals surface area contributed by atoms with E-state index in [-0.39, 0.29) is 30.9 Å². The number of amides is 2. The highest BCUT2D eigenvalue weighted by molar-refractivity contribution is 5.93. The fourth-order valence-electron chi connectivity index (χ4n) is 7.42. The van der Waals surface area contributed by atoms with Gasteiger partial charge < -0.3 is 24.4 Å². The van der Waals surface area contributed by atoms with E-state index in [9.17, 15) is 14.4 Å². The molecule has 2 aromatic rings. The van der Waals surface area contributed by atoms with E-state index in [0.29, 0.717) is 28.9 Å². The molecule has 2 bridgehead atoms. The van der Waals surface area contributed by atoms with Gasteiger partial charge in [0.25, 0.3) is 0 Å². The van der Waals surface area contributed by atoms with Gasteiger partial charge in [0, 0.05) is 6.07 Å². The van der Waals surface area contributed by atoms with Crippen LogP contribution < -0.4 is 14.8 Å². The molecule has 3 heterocycles. The lowest BCUT2D eigenvalue weighted by molar-refractivity contribution is -0.143. The number of methoxy groups -OCH3 is 1. The van der Waals surface area contributed by atoms with Crippen LogP contribution in [0.2, 0.25) is 0 Å². The molecule has 1 N–H and O–H groups in total. The summed E-state index contributed by atoms with van der Waals surface area (Å²) in [4.78, 5) is 51.6. The zero-order valence-electron chi connectivity index (χ0n) is 28.1. The number of aromatic nitrogens is 2. The second-order valence-corrected chi connectivity index (χ2v) is 14.3. The highest BCUT2D eigenvalue weighted by atomic mass is 19.1. The zero-order valence-corrected chi connectivity index (χ0v) is 28.1. The minimum Gasteiger partial charge on any atom is -0.497 e. The predicted octanol–water partition coefficient (Wildman–Crippen LogP) is 6.12. The van der Waals surface area contributed by atoms with E-state index in [1.165, 1.54) is 11.8 Å². The van der Waals surface area contributed by atoms with Gasteiger partial charge in [0.15, 0.2) is 17.6 Å². The molecule has 252 valence electrons. The molecule has 1 aromatic carbocycles. The predicted molar refractivity (Wildman–Crippen MR) is 172 cm³/mol. The first-order valence-corrected chi connectivity index (χ1v) is 16.8.